The van der Waals surface area contributed by atoms with Gasteiger partial charge < -0.3 is 19.4 Å². The number of nitrogens with zero attached hydrogens (tertiary/aromatic N) is 2. The molecule has 2 saturated heterocycles. The van der Waals surface area contributed by atoms with E-state index in [1.165, 1.54) is 12.8 Å². The average Bonchev–Trinajstić information content (AvgIpc) is 3.27. The zero-order valence-corrected chi connectivity index (χ0v) is 14.3. The number of furan rings is 1. The second-order valence-corrected chi connectivity index (χ2v) is 6.95. The molecule has 2 unspecified atom stereocenters. The fraction of sp³-hybridized carbons (Fsp3) is 0.722. The minimum absolute atomic E-state index is 0.395. The molecule has 1 N–H and O–H groups in total. The number of aliphatic imine (C=N–C) groups is 1. The molecule has 3 heterocycles. The smallest absolute Gasteiger partial charge is 0.194 e. The van der Waals surface area contributed by atoms with Gasteiger partial charge in [-0.1, -0.05) is 0 Å². The third-order valence-electron chi connectivity index (χ3n) is 4.77. The van der Waals surface area contributed by atoms with Crippen molar-refractivity contribution < 1.29 is 9.15 Å². The monoisotopic (exact) mass is 319 g/mol. The number of rotatable bonds is 5. The Bertz CT molecular complexity index is 492. The van der Waals surface area contributed by atoms with E-state index < -0.39 is 0 Å². The summed E-state index contributed by atoms with van der Waals surface area (Å²) in [7, 11) is 0. The molecule has 0 aliphatic carbocycles. The fourth-order valence-corrected chi connectivity index (χ4v) is 3.51. The van der Waals surface area contributed by atoms with Crippen molar-refractivity contribution in [3.8, 4) is 0 Å². The van der Waals surface area contributed by atoms with Gasteiger partial charge in [0.05, 0.1) is 6.26 Å². The Labute approximate surface area is 139 Å². The van der Waals surface area contributed by atoms with Gasteiger partial charge in [0.2, 0.25) is 0 Å². The van der Waals surface area contributed by atoms with Crippen molar-refractivity contribution in [3.05, 3.63) is 24.2 Å². The van der Waals surface area contributed by atoms with Crippen LogP contribution in [0.3, 0.4) is 0 Å². The molecule has 0 radical (unpaired) electrons. The summed E-state index contributed by atoms with van der Waals surface area (Å²) in [6.07, 6.45) is 5.05. The molecule has 1 aromatic heterocycles. The molecule has 0 spiro atoms. The molecule has 2 aliphatic rings. The maximum Gasteiger partial charge on any atom is 0.194 e. The van der Waals surface area contributed by atoms with Crippen LogP contribution in [0.1, 0.15) is 32.4 Å². The number of nitrogens with one attached hydrogen (secondary N) is 1. The second kappa shape index (κ2) is 7.86. The Hall–Kier alpha value is -1.49. The molecule has 2 fully saturated rings. The van der Waals surface area contributed by atoms with Gasteiger partial charge in [-0.3, -0.25) is 4.99 Å². The van der Waals surface area contributed by atoms with E-state index in [4.69, 9.17) is 14.1 Å². The molecule has 0 amide bonds. The Morgan fingerprint density at radius 1 is 1.39 bits per heavy atom. The molecule has 5 nitrogen and oxygen atoms in total. The zero-order valence-electron chi connectivity index (χ0n) is 14.3. The van der Waals surface area contributed by atoms with E-state index in [-0.39, 0.29) is 0 Å². The van der Waals surface area contributed by atoms with Gasteiger partial charge >= 0.3 is 0 Å². The van der Waals surface area contributed by atoms with Crippen molar-refractivity contribution in [2.45, 2.75) is 39.2 Å². The van der Waals surface area contributed by atoms with Crippen molar-refractivity contribution in [1.82, 2.24) is 10.2 Å². The van der Waals surface area contributed by atoms with Gasteiger partial charge in [-0.15, -0.1) is 0 Å². The normalized spacial score (nSPS) is 25.5. The van der Waals surface area contributed by atoms with E-state index in [0.717, 1.165) is 62.8 Å². The third kappa shape index (κ3) is 4.50. The van der Waals surface area contributed by atoms with Crippen LogP contribution in [0.25, 0.3) is 0 Å². The lowest BCUT2D eigenvalue weighted by Crippen LogP contribution is -2.43. The van der Waals surface area contributed by atoms with Gasteiger partial charge in [-0.25, -0.2) is 0 Å². The topological polar surface area (TPSA) is 50.0 Å². The molecule has 2 aliphatic heterocycles. The highest BCUT2D eigenvalue weighted by Gasteiger charge is 2.33. The van der Waals surface area contributed by atoms with Crippen LogP contribution in [0, 0.1) is 11.8 Å². The van der Waals surface area contributed by atoms with Gasteiger partial charge in [0.1, 0.15) is 5.76 Å². The minimum Gasteiger partial charge on any atom is -0.469 e. The maximum atomic E-state index is 5.56. The molecular weight excluding hydrogens is 290 g/mol. The molecule has 1 aromatic rings. The molecule has 0 bridgehead atoms. The Morgan fingerprint density at radius 3 is 3.00 bits per heavy atom. The first-order chi connectivity index (χ1) is 11.2. The van der Waals surface area contributed by atoms with Crippen LogP contribution in [0.2, 0.25) is 0 Å². The van der Waals surface area contributed by atoms with Crippen molar-refractivity contribution in [2.24, 2.45) is 16.8 Å². The maximum absolute atomic E-state index is 5.56. The van der Waals surface area contributed by atoms with E-state index in [0.29, 0.717) is 6.04 Å². The number of likely N-dealkylation sites (tertiary alicyclic amines) is 1. The van der Waals surface area contributed by atoms with Crippen molar-refractivity contribution >= 4 is 5.96 Å². The first-order valence-electron chi connectivity index (χ1n) is 8.88. The van der Waals surface area contributed by atoms with Crippen LogP contribution in [0.15, 0.2) is 27.8 Å². The number of hydrogen-bond donors (Lipinski definition) is 1. The Morgan fingerprint density at radius 2 is 2.30 bits per heavy atom. The third-order valence-corrected chi connectivity index (χ3v) is 4.77. The number of guanidine groups is 1. The van der Waals surface area contributed by atoms with E-state index in [2.05, 4.69) is 24.1 Å². The number of hydrogen-bond acceptors (Lipinski definition) is 3. The molecular formula is C18H29N3O2. The SMILES string of the molecule is CC(C)NC(=NCCc1ccco1)N1CCC(C2CCOC2)C1. The van der Waals surface area contributed by atoms with Gasteiger partial charge in [-0.2, -0.15) is 0 Å². The highest BCUT2D eigenvalue weighted by molar-refractivity contribution is 5.80. The predicted octanol–water partition coefficient (Wildman–Crippen LogP) is 2.53. The van der Waals surface area contributed by atoms with Gasteiger partial charge in [-0.05, 0) is 50.7 Å². The van der Waals surface area contributed by atoms with Gasteiger partial charge in [0.25, 0.3) is 0 Å². The molecule has 3 rings (SSSR count). The zero-order chi connectivity index (χ0) is 16.1. The summed E-state index contributed by atoms with van der Waals surface area (Å²) >= 11 is 0. The highest BCUT2D eigenvalue weighted by atomic mass is 16.5. The Balaban J connectivity index is 1.57. The average molecular weight is 319 g/mol. The summed E-state index contributed by atoms with van der Waals surface area (Å²) in [5.74, 6) is 3.54. The van der Waals surface area contributed by atoms with Crippen LogP contribution in [0.4, 0.5) is 0 Å². The summed E-state index contributed by atoms with van der Waals surface area (Å²) in [4.78, 5) is 7.24. The lowest BCUT2D eigenvalue weighted by molar-refractivity contribution is 0.173. The minimum atomic E-state index is 0.395. The molecule has 2 atom stereocenters. The van der Waals surface area contributed by atoms with Crippen molar-refractivity contribution in [1.29, 1.82) is 0 Å². The summed E-state index contributed by atoms with van der Waals surface area (Å²) in [6.45, 7) is 9.18. The first-order valence-corrected chi connectivity index (χ1v) is 8.88. The standard InChI is InChI=1S/C18H29N3O2/c1-14(2)20-18(19-8-5-17-4-3-10-23-17)21-9-6-15(12-21)16-7-11-22-13-16/h3-4,10,14-16H,5-9,11-13H2,1-2H3,(H,19,20). The van der Waals surface area contributed by atoms with E-state index in [1.54, 1.807) is 6.26 Å². The lowest BCUT2D eigenvalue weighted by atomic mass is 9.91. The predicted molar refractivity (Wildman–Crippen MR) is 91.6 cm³/mol. The summed E-state index contributed by atoms with van der Waals surface area (Å²) in [5, 5.41) is 3.53. The number of ether oxygens (including phenoxy) is 1. The van der Waals surface area contributed by atoms with E-state index in [1.807, 2.05) is 12.1 Å². The summed E-state index contributed by atoms with van der Waals surface area (Å²) in [5.41, 5.74) is 0. The highest BCUT2D eigenvalue weighted by Crippen LogP contribution is 2.29. The molecule has 128 valence electrons. The van der Waals surface area contributed by atoms with Crippen molar-refractivity contribution in [2.75, 3.05) is 32.8 Å². The van der Waals surface area contributed by atoms with E-state index >= 15 is 0 Å². The van der Waals surface area contributed by atoms with Gasteiger partial charge in [0.15, 0.2) is 5.96 Å². The molecule has 23 heavy (non-hydrogen) atoms. The van der Waals surface area contributed by atoms with Crippen LogP contribution in [-0.4, -0.2) is 49.7 Å². The summed E-state index contributed by atoms with van der Waals surface area (Å²) in [6, 6.07) is 4.34. The fourth-order valence-electron chi connectivity index (χ4n) is 3.51. The molecule has 0 aromatic carbocycles. The summed E-state index contributed by atoms with van der Waals surface area (Å²) < 4.78 is 11.0. The lowest BCUT2D eigenvalue weighted by Gasteiger charge is -2.25. The van der Waals surface area contributed by atoms with Gasteiger partial charge in [0, 0.05) is 45.3 Å². The van der Waals surface area contributed by atoms with Crippen LogP contribution in [0.5, 0.6) is 0 Å². The largest absolute Gasteiger partial charge is 0.469 e. The van der Waals surface area contributed by atoms with Crippen LogP contribution >= 0.6 is 0 Å². The molecule has 0 saturated carbocycles. The van der Waals surface area contributed by atoms with E-state index in [9.17, 15) is 0 Å². The Kier molecular flexibility index (Phi) is 5.60. The first kappa shape index (κ1) is 16.4. The van der Waals surface area contributed by atoms with Crippen molar-refractivity contribution in [3.63, 3.8) is 0 Å². The molecule has 5 heteroatoms. The second-order valence-electron chi connectivity index (χ2n) is 6.95. The quantitative estimate of drug-likeness (QED) is 0.669. The van der Waals surface area contributed by atoms with Crippen LogP contribution in [-0.2, 0) is 11.2 Å². The van der Waals surface area contributed by atoms with Crippen LogP contribution < -0.4 is 5.32 Å².